The smallest absolute Gasteiger partial charge is 0.241 e. The van der Waals surface area contributed by atoms with E-state index in [4.69, 9.17) is 11.6 Å². The van der Waals surface area contributed by atoms with Gasteiger partial charge in [0.15, 0.2) is 5.82 Å². The maximum atomic E-state index is 13.3. The molecule has 0 spiro atoms. The van der Waals surface area contributed by atoms with E-state index in [0.717, 1.165) is 4.68 Å². The Bertz CT molecular complexity index is 465. The first kappa shape index (κ1) is 8.49. The minimum atomic E-state index is -0.411. The van der Waals surface area contributed by atoms with Crippen molar-refractivity contribution in [3.63, 3.8) is 0 Å². The molecule has 0 radical (unpaired) electrons. The van der Waals surface area contributed by atoms with Crippen molar-refractivity contribution in [2.75, 3.05) is 11.6 Å². The summed E-state index contributed by atoms with van der Waals surface area (Å²) in [6.45, 7) is 0. The molecule has 72 valence electrons. The predicted octanol–water partition coefficient (Wildman–Crippen LogP) is 0.380. The van der Waals surface area contributed by atoms with Gasteiger partial charge in [-0.15, -0.1) is 10.2 Å². The van der Waals surface area contributed by atoms with E-state index in [1.807, 2.05) is 0 Å². The van der Waals surface area contributed by atoms with Crippen LogP contribution in [0, 0.1) is 5.82 Å². The van der Waals surface area contributed by atoms with Gasteiger partial charge in [-0.2, -0.15) is 0 Å². The lowest BCUT2D eigenvalue weighted by molar-refractivity contribution is 0.629. The highest BCUT2D eigenvalue weighted by atomic mass is 19.1. The quantitative estimate of drug-likeness (QED) is 0.641. The summed E-state index contributed by atoms with van der Waals surface area (Å²) in [7, 11) is 0. The molecule has 0 bridgehead atoms. The third-order valence-electron chi connectivity index (χ3n) is 1.84. The van der Waals surface area contributed by atoms with E-state index >= 15 is 0 Å². The van der Waals surface area contributed by atoms with Crippen LogP contribution >= 0.6 is 0 Å². The number of aromatic nitrogens is 3. The van der Waals surface area contributed by atoms with E-state index in [2.05, 4.69) is 10.2 Å². The van der Waals surface area contributed by atoms with Crippen molar-refractivity contribution in [1.82, 2.24) is 14.9 Å². The largest absolute Gasteiger partial charge is 0.366 e. The van der Waals surface area contributed by atoms with Crippen molar-refractivity contribution in [3.05, 3.63) is 30.1 Å². The van der Waals surface area contributed by atoms with Gasteiger partial charge in [-0.3, -0.25) is 0 Å². The summed E-state index contributed by atoms with van der Waals surface area (Å²) in [5.41, 5.74) is 5.65. The van der Waals surface area contributed by atoms with Crippen LogP contribution in [0.2, 0.25) is 0 Å². The molecule has 14 heavy (non-hydrogen) atoms. The summed E-state index contributed by atoms with van der Waals surface area (Å²) in [4.78, 5) is 0. The van der Waals surface area contributed by atoms with E-state index < -0.39 is 5.82 Å². The molecule has 0 aliphatic carbocycles. The van der Waals surface area contributed by atoms with Crippen molar-refractivity contribution in [3.8, 4) is 11.4 Å². The van der Waals surface area contributed by atoms with Crippen LogP contribution in [0.4, 0.5) is 10.3 Å². The van der Waals surface area contributed by atoms with Gasteiger partial charge in [0.05, 0.1) is 5.56 Å². The molecule has 1 aromatic heterocycles. The van der Waals surface area contributed by atoms with Gasteiger partial charge in [-0.05, 0) is 12.1 Å². The van der Waals surface area contributed by atoms with Crippen LogP contribution in [0.5, 0.6) is 0 Å². The van der Waals surface area contributed by atoms with Crippen LogP contribution in [0.3, 0.4) is 0 Å². The van der Waals surface area contributed by atoms with E-state index in [9.17, 15) is 4.39 Å². The second-order valence-corrected chi connectivity index (χ2v) is 2.73. The molecule has 0 saturated carbocycles. The van der Waals surface area contributed by atoms with Crippen molar-refractivity contribution < 1.29 is 4.39 Å². The summed E-state index contributed by atoms with van der Waals surface area (Å²) in [6, 6.07) is 6.14. The standard InChI is InChI=1S/C8H8FN5/c9-6-4-2-1-3-5(6)7-12-13-8(10)14(7)11/h1-4H,11H2,(H2,10,13). The van der Waals surface area contributed by atoms with Gasteiger partial charge in [0.25, 0.3) is 0 Å². The Morgan fingerprint density at radius 1 is 1.21 bits per heavy atom. The van der Waals surface area contributed by atoms with Gasteiger partial charge in [0.1, 0.15) is 5.82 Å². The summed E-state index contributed by atoms with van der Waals surface area (Å²) in [5, 5.41) is 7.20. The maximum absolute atomic E-state index is 13.3. The van der Waals surface area contributed by atoms with Crippen molar-refractivity contribution >= 4 is 5.95 Å². The van der Waals surface area contributed by atoms with Crippen molar-refractivity contribution in [2.45, 2.75) is 0 Å². The highest BCUT2D eigenvalue weighted by Gasteiger charge is 2.12. The molecule has 2 rings (SSSR count). The second kappa shape index (κ2) is 2.99. The first-order valence-electron chi connectivity index (χ1n) is 3.91. The van der Waals surface area contributed by atoms with Crippen LogP contribution in [-0.4, -0.2) is 14.9 Å². The summed E-state index contributed by atoms with van der Waals surface area (Å²) >= 11 is 0. The van der Waals surface area contributed by atoms with E-state index in [1.165, 1.54) is 6.07 Å². The Labute approximate surface area is 79.1 Å². The molecule has 4 N–H and O–H groups in total. The van der Waals surface area contributed by atoms with Gasteiger partial charge < -0.3 is 11.6 Å². The van der Waals surface area contributed by atoms with Gasteiger partial charge in [-0.25, -0.2) is 9.07 Å². The summed E-state index contributed by atoms with van der Waals surface area (Å²) in [5.74, 6) is 5.35. The lowest BCUT2D eigenvalue weighted by atomic mass is 10.2. The molecule has 0 aliphatic rings. The zero-order valence-corrected chi connectivity index (χ0v) is 7.18. The number of nitrogens with two attached hydrogens (primary N) is 2. The number of halogens is 1. The summed E-state index contributed by atoms with van der Waals surface area (Å²) < 4.78 is 14.3. The Hall–Kier alpha value is -2.11. The predicted molar refractivity (Wildman–Crippen MR) is 50.0 cm³/mol. The number of hydrogen-bond acceptors (Lipinski definition) is 4. The van der Waals surface area contributed by atoms with Crippen LogP contribution in [0.15, 0.2) is 24.3 Å². The van der Waals surface area contributed by atoms with Gasteiger partial charge >= 0.3 is 0 Å². The number of benzene rings is 1. The molecule has 1 heterocycles. The van der Waals surface area contributed by atoms with Gasteiger partial charge in [0.2, 0.25) is 5.95 Å². The fourth-order valence-electron chi connectivity index (χ4n) is 1.13. The van der Waals surface area contributed by atoms with Crippen LogP contribution < -0.4 is 11.6 Å². The minimum absolute atomic E-state index is 0.0447. The third-order valence-corrected chi connectivity index (χ3v) is 1.84. The molecule has 0 fully saturated rings. The number of anilines is 1. The highest BCUT2D eigenvalue weighted by molar-refractivity contribution is 5.57. The molecule has 0 aliphatic heterocycles. The van der Waals surface area contributed by atoms with E-state index in [1.54, 1.807) is 18.2 Å². The Morgan fingerprint density at radius 3 is 2.50 bits per heavy atom. The first-order valence-corrected chi connectivity index (χ1v) is 3.91. The average Bonchev–Trinajstić information content (AvgIpc) is 2.49. The maximum Gasteiger partial charge on any atom is 0.241 e. The van der Waals surface area contributed by atoms with E-state index in [-0.39, 0.29) is 17.3 Å². The minimum Gasteiger partial charge on any atom is -0.366 e. The van der Waals surface area contributed by atoms with Crippen LogP contribution in [0.25, 0.3) is 11.4 Å². The topological polar surface area (TPSA) is 82.8 Å². The second-order valence-electron chi connectivity index (χ2n) is 2.73. The Kier molecular flexibility index (Phi) is 1.81. The van der Waals surface area contributed by atoms with Crippen molar-refractivity contribution in [2.24, 2.45) is 0 Å². The molecular weight excluding hydrogens is 185 g/mol. The van der Waals surface area contributed by atoms with E-state index in [0.29, 0.717) is 0 Å². The lowest BCUT2D eigenvalue weighted by Gasteiger charge is -2.01. The number of nitrogens with zero attached hydrogens (tertiary/aromatic N) is 3. The van der Waals surface area contributed by atoms with Crippen LogP contribution in [0.1, 0.15) is 0 Å². The molecule has 6 heteroatoms. The van der Waals surface area contributed by atoms with Crippen molar-refractivity contribution in [1.29, 1.82) is 0 Å². The third kappa shape index (κ3) is 1.17. The fraction of sp³-hybridized carbons (Fsp3) is 0. The summed E-state index contributed by atoms with van der Waals surface area (Å²) in [6.07, 6.45) is 0. The highest BCUT2D eigenvalue weighted by Crippen LogP contribution is 2.19. The molecule has 2 aromatic rings. The molecule has 0 amide bonds. The van der Waals surface area contributed by atoms with Gasteiger partial charge in [0, 0.05) is 0 Å². The lowest BCUT2D eigenvalue weighted by Crippen LogP contribution is -2.13. The molecule has 0 saturated heterocycles. The zero-order valence-electron chi connectivity index (χ0n) is 7.18. The monoisotopic (exact) mass is 193 g/mol. The normalized spacial score (nSPS) is 10.4. The number of rotatable bonds is 1. The molecule has 5 nitrogen and oxygen atoms in total. The SMILES string of the molecule is Nc1nnc(-c2ccccc2F)n1N. The molecule has 0 atom stereocenters. The Morgan fingerprint density at radius 2 is 1.93 bits per heavy atom. The zero-order chi connectivity index (χ0) is 10.1. The average molecular weight is 193 g/mol. The molecular formula is C8H8FN5. The molecule has 1 aromatic carbocycles. The van der Waals surface area contributed by atoms with Gasteiger partial charge in [-0.1, -0.05) is 12.1 Å². The molecule has 0 unspecified atom stereocenters. The Balaban J connectivity index is 2.60. The number of nitrogen functional groups attached to an aromatic ring is 2. The number of hydrogen-bond donors (Lipinski definition) is 2. The van der Waals surface area contributed by atoms with Crippen LogP contribution in [-0.2, 0) is 0 Å². The fourth-order valence-corrected chi connectivity index (χ4v) is 1.13. The first-order chi connectivity index (χ1) is 6.70.